The Morgan fingerprint density at radius 2 is 2.24 bits per heavy atom. The Morgan fingerprint density at radius 1 is 1.41 bits per heavy atom. The van der Waals surface area contributed by atoms with Gasteiger partial charge >= 0.3 is 0 Å². The molecular weight excluding hydrogens is 280 g/mol. The zero-order chi connectivity index (χ0) is 12.3. The summed E-state index contributed by atoms with van der Waals surface area (Å²) in [5.41, 5.74) is 8.67. The number of nitrogens with zero attached hydrogens (tertiary/aromatic N) is 3. The van der Waals surface area contributed by atoms with Crippen molar-refractivity contribution in [2.24, 2.45) is 5.73 Å². The van der Waals surface area contributed by atoms with Gasteiger partial charge in [0.1, 0.15) is 0 Å². The summed E-state index contributed by atoms with van der Waals surface area (Å²) in [4.78, 5) is 0. The number of nitrogens with two attached hydrogens (primary N) is 1. The number of hydrogen-bond donors (Lipinski definition) is 1. The standard InChI is InChI=1S/C12H15BrN4/c1-2-4-12-11(8-14)15-16-17(12)10-6-3-5-9(13)7-10/h3,5-7H,2,4,8,14H2,1H3. The van der Waals surface area contributed by atoms with Gasteiger partial charge in [-0.2, -0.15) is 0 Å². The van der Waals surface area contributed by atoms with Gasteiger partial charge in [-0.05, 0) is 24.6 Å². The summed E-state index contributed by atoms with van der Waals surface area (Å²) in [7, 11) is 0. The van der Waals surface area contributed by atoms with E-state index in [1.54, 1.807) is 0 Å². The molecule has 0 spiro atoms. The highest BCUT2D eigenvalue weighted by Gasteiger charge is 2.12. The second kappa shape index (κ2) is 5.42. The lowest BCUT2D eigenvalue weighted by Crippen LogP contribution is -2.06. The molecule has 1 heterocycles. The van der Waals surface area contributed by atoms with Crippen molar-refractivity contribution in [3.8, 4) is 5.69 Å². The van der Waals surface area contributed by atoms with Crippen LogP contribution in [0.2, 0.25) is 0 Å². The van der Waals surface area contributed by atoms with Crippen LogP contribution in [0, 0.1) is 0 Å². The Morgan fingerprint density at radius 3 is 2.88 bits per heavy atom. The van der Waals surface area contributed by atoms with Crippen molar-refractivity contribution >= 4 is 15.9 Å². The molecule has 0 saturated carbocycles. The van der Waals surface area contributed by atoms with Crippen LogP contribution < -0.4 is 5.73 Å². The fourth-order valence-electron chi connectivity index (χ4n) is 1.79. The first-order valence-corrected chi connectivity index (χ1v) is 6.45. The zero-order valence-corrected chi connectivity index (χ0v) is 11.3. The lowest BCUT2D eigenvalue weighted by Gasteiger charge is -2.06. The predicted octanol–water partition coefficient (Wildman–Crippen LogP) is 2.44. The van der Waals surface area contributed by atoms with Crippen LogP contribution >= 0.6 is 15.9 Å². The maximum absolute atomic E-state index is 5.68. The Labute approximate surface area is 109 Å². The monoisotopic (exact) mass is 294 g/mol. The first-order valence-electron chi connectivity index (χ1n) is 5.65. The minimum atomic E-state index is 0.434. The molecule has 0 unspecified atom stereocenters. The molecular formula is C12H15BrN4. The van der Waals surface area contributed by atoms with Gasteiger partial charge in [-0.25, -0.2) is 4.68 Å². The zero-order valence-electron chi connectivity index (χ0n) is 9.73. The number of hydrogen-bond acceptors (Lipinski definition) is 3. The van der Waals surface area contributed by atoms with Crippen molar-refractivity contribution in [3.05, 3.63) is 40.1 Å². The number of rotatable bonds is 4. The molecule has 0 aliphatic heterocycles. The van der Waals surface area contributed by atoms with Crippen molar-refractivity contribution in [1.82, 2.24) is 15.0 Å². The van der Waals surface area contributed by atoms with Gasteiger partial charge in [-0.1, -0.05) is 40.6 Å². The van der Waals surface area contributed by atoms with Crippen LogP contribution in [-0.4, -0.2) is 15.0 Å². The maximum atomic E-state index is 5.68. The Bertz CT molecular complexity index is 507. The van der Waals surface area contributed by atoms with E-state index in [0.29, 0.717) is 6.54 Å². The van der Waals surface area contributed by atoms with Crippen LogP contribution in [0.15, 0.2) is 28.7 Å². The van der Waals surface area contributed by atoms with Crippen molar-refractivity contribution in [2.45, 2.75) is 26.3 Å². The summed E-state index contributed by atoms with van der Waals surface area (Å²) in [6, 6.07) is 8.01. The van der Waals surface area contributed by atoms with Crippen LogP contribution in [0.25, 0.3) is 5.69 Å². The molecule has 0 aliphatic carbocycles. The van der Waals surface area contributed by atoms with Crippen LogP contribution in [-0.2, 0) is 13.0 Å². The van der Waals surface area contributed by atoms with Crippen molar-refractivity contribution in [3.63, 3.8) is 0 Å². The molecule has 4 nitrogen and oxygen atoms in total. The molecule has 5 heteroatoms. The third kappa shape index (κ3) is 2.56. The number of aromatic nitrogens is 3. The maximum Gasteiger partial charge on any atom is 0.0999 e. The van der Waals surface area contributed by atoms with Gasteiger partial charge in [0.05, 0.1) is 17.1 Å². The summed E-state index contributed by atoms with van der Waals surface area (Å²) < 4.78 is 2.90. The first kappa shape index (κ1) is 12.3. The average molecular weight is 295 g/mol. The predicted molar refractivity (Wildman–Crippen MR) is 70.9 cm³/mol. The van der Waals surface area contributed by atoms with E-state index in [1.807, 2.05) is 28.9 Å². The van der Waals surface area contributed by atoms with Gasteiger partial charge in [0.2, 0.25) is 0 Å². The number of halogens is 1. The highest BCUT2D eigenvalue weighted by Crippen LogP contribution is 2.18. The van der Waals surface area contributed by atoms with E-state index in [9.17, 15) is 0 Å². The van der Waals surface area contributed by atoms with Crippen LogP contribution in [0.4, 0.5) is 0 Å². The molecule has 0 amide bonds. The van der Waals surface area contributed by atoms with Crippen LogP contribution in [0.5, 0.6) is 0 Å². The van der Waals surface area contributed by atoms with E-state index in [0.717, 1.165) is 34.4 Å². The molecule has 0 radical (unpaired) electrons. The molecule has 90 valence electrons. The van der Waals surface area contributed by atoms with Gasteiger partial charge in [-0.3, -0.25) is 0 Å². The molecule has 0 saturated heterocycles. The van der Waals surface area contributed by atoms with E-state index < -0.39 is 0 Å². The molecule has 1 aromatic carbocycles. The second-order valence-corrected chi connectivity index (χ2v) is 4.74. The van der Waals surface area contributed by atoms with Gasteiger partial charge in [0.25, 0.3) is 0 Å². The Kier molecular flexibility index (Phi) is 3.91. The normalized spacial score (nSPS) is 10.8. The van der Waals surface area contributed by atoms with E-state index in [2.05, 4.69) is 33.2 Å². The fourth-order valence-corrected chi connectivity index (χ4v) is 2.18. The topological polar surface area (TPSA) is 56.7 Å². The van der Waals surface area contributed by atoms with Gasteiger partial charge in [-0.15, -0.1) is 5.10 Å². The molecule has 2 aromatic rings. The van der Waals surface area contributed by atoms with E-state index in [4.69, 9.17) is 5.73 Å². The van der Waals surface area contributed by atoms with Gasteiger partial charge in [0, 0.05) is 11.0 Å². The molecule has 0 aliphatic rings. The van der Waals surface area contributed by atoms with E-state index in [-0.39, 0.29) is 0 Å². The highest BCUT2D eigenvalue weighted by molar-refractivity contribution is 9.10. The Balaban J connectivity index is 2.47. The average Bonchev–Trinajstić information content (AvgIpc) is 2.72. The molecule has 0 atom stereocenters. The van der Waals surface area contributed by atoms with Crippen molar-refractivity contribution in [1.29, 1.82) is 0 Å². The smallest absolute Gasteiger partial charge is 0.0999 e. The summed E-state index contributed by atoms with van der Waals surface area (Å²) in [5.74, 6) is 0. The molecule has 0 fully saturated rings. The lowest BCUT2D eigenvalue weighted by atomic mass is 10.2. The van der Waals surface area contributed by atoms with Crippen LogP contribution in [0.3, 0.4) is 0 Å². The first-order chi connectivity index (χ1) is 8.26. The lowest BCUT2D eigenvalue weighted by molar-refractivity contribution is 0.745. The minimum Gasteiger partial charge on any atom is -0.325 e. The molecule has 2 rings (SSSR count). The number of benzene rings is 1. The molecule has 1 aromatic heterocycles. The highest BCUT2D eigenvalue weighted by atomic mass is 79.9. The van der Waals surface area contributed by atoms with Gasteiger partial charge < -0.3 is 5.73 Å². The third-order valence-electron chi connectivity index (χ3n) is 2.58. The second-order valence-electron chi connectivity index (χ2n) is 3.83. The minimum absolute atomic E-state index is 0.434. The summed E-state index contributed by atoms with van der Waals surface area (Å²) in [6.07, 6.45) is 1.99. The summed E-state index contributed by atoms with van der Waals surface area (Å²) in [6.45, 7) is 2.57. The van der Waals surface area contributed by atoms with Gasteiger partial charge in [0.15, 0.2) is 0 Å². The SMILES string of the molecule is CCCc1c(CN)nnn1-c1cccc(Br)c1. The van der Waals surface area contributed by atoms with Crippen molar-refractivity contribution < 1.29 is 0 Å². The van der Waals surface area contributed by atoms with E-state index >= 15 is 0 Å². The van der Waals surface area contributed by atoms with Crippen LogP contribution in [0.1, 0.15) is 24.7 Å². The molecule has 2 N–H and O–H groups in total. The fraction of sp³-hybridized carbons (Fsp3) is 0.333. The summed E-state index contributed by atoms with van der Waals surface area (Å²) in [5, 5.41) is 8.31. The van der Waals surface area contributed by atoms with E-state index in [1.165, 1.54) is 0 Å². The molecule has 0 bridgehead atoms. The summed E-state index contributed by atoms with van der Waals surface area (Å²) >= 11 is 3.46. The largest absolute Gasteiger partial charge is 0.325 e. The van der Waals surface area contributed by atoms with Crippen molar-refractivity contribution in [2.75, 3.05) is 0 Å². The third-order valence-corrected chi connectivity index (χ3v) is 3.07. The Hall–Kier alpha value is -1.20. The molecule has 17 heavy (non-hydrogen) atoms. The quantitative estimate of drug-likeness (QED) is 0.942.